The molecule has 2 aromatic rings. The van der Waals surface area contributed by atoms with Gasteiger partial charge in [0.05, 0.1) is 12.4 Å². The summed E-state index contributed by atoms with van der Waals surface area (Å²) >= 11 is 0. The van der Waals surface area contributed by atoms with E-state index in [1.807, 2.05) is 44.2 Å². The van der Waals surface area contributed by atoms with E-state index in [2.05, 4.69) is 9.97 Å². The van der Waals surface area contributed by atoms with E-state index >= 15 is 0 Å². The van der Waals surface area contributed by atoms with Crippen molar-refractivity contribution in [2.75, 3.05) is 5.73 Å². The number of anilines is 1. The van der Waals surface area contributed by atoms with E-state index in [0.717, 1.165) is 5.56 Å². The normalized spacial score (nSPS) is 10.6. The van der Waals surface area contributed by atoms with Crippen molar-refractivity contribution in [3.05, 3.63) is 54.0 Å². The maximum absolute atomic E-state index is 12.5. The lowest BCUT2D eigenvalue weighted by Gasteiger charge is -2.26. The SMILES string of the molecule is CC(C)N(Cc1ccccc1)C(=O)c1cncc(N)n1. The summed E-state index contributed by atoms with van der Waals surface area (Å²) in [6, 6.07) is 9.92. The first-order chi connectivity index (χ1) is 9.58. The molecule has 1 amide bonds. The summed E-state index contributed by atoms with van der Waals surface area (Å²) in [5.41, 5.74) is 6.93. The highest BCUT2D eigenvalue weighted by Crippen LogP contribution is 2.12. The highest BCUT2D eigenvalue weighted by Gasteiger charge is 2.20. The summed E-state index contributed by atoms with van der Waals surface area (Å²) in [7, 11) is 0. The monoisotopic (exact) mass is 270 g/mol. The van der Waals surface area contributed by atoms with Crippen molar-refractivity contribution < 1.29 is 4.79 Å². The highest BCUT2D eigenvalue weighted by molar-refractivity contribution is 5.92. The first kappa shape index (κ1) is 14.0. The maximum Gasteiger partial charge on any atom is 0.274 e. The lowest BCUT2D eigenvalue weighted by molar-refractivity contribution is 0.0684. The molecule has 1 heterocycles. The summed E-state index contributed by atoms with van der Waals surface area (Å²) in [6.07, 6.45) is 2.87. The fraction of sp³-hybridized carbons (Fsp3) is 0.267. The fourth-order valence-electron chi connectivity index (χ4n) is 1.90. The molecule has 0 unspecified atom stereocenters. The first-order valence-corrected chi connectivity index (χ1v) is 6.50. The minimum atomic E-state index is -0.163. The Morgan fingerprint density at radius 2 is 1.95 bits per heavy atom. The first-order valence-electron chi connectivity index (χ1n) is 6.50. The molecule has 104 valence electrons. The standard InChI is InChI=1S/C15H18N4O/c1-11(2)19(10-12-6-4-3-5-7-12)15(20)13-8-17-9-14(16)18-13/h3-9,11H,10H2,1-2H3,(H2,16,18). The van der Waals surface area contributed by atoms with Gasteiger partial charge in [0, 0.05) is 12.6 Å². The van der Waals surface area contributed by atoms with Crippen molar-refractivity contribution in [3.63, 3.8) is 0 Å². The van der Waals surface area contributed by atoms with Crippen LogP contribution in [0.3, 0.4) is 0 Å². The van der Waals surface area contributed by atoms with Gasteiger partial charge in [0.1, 0.15) is 11.5 Å². The number of benzene rings is 1. The number of aromatic nitrogens is 2. The Hall–Kier alpha value is -2.43. The molecule has 0 aliphatic carbocycles. The number of nitrogens with zero attached hydrogens (tertiary/aromatic N) is 3. The van der Waals surface area contributed by atoms with Crippen LogP contribution in [0.5, 0.6) is 0 Å². The molecule has 0 radical (unpaired) electrons. The highest BCUT2D eigenvalue weighted by atomic mass is 16.2. The van der Waals surface area contributed by atoms with Crippen LogP contribution in [0.25, 0.3) is 0 Å². The number of nitrogens with two attached hydrogens (primary N) is 1. The summed E-state index contributed by atoms with van der Waals surface area (Å²) in [5.74, 6) is 0.0860. The topological polar surface area (TPSA) is 72.1 Å². The quantitative estimate of drug-likeness (QED) is 0.923. The van der Waals surface area contributed by atoms with E-state index in [0.29, 0.717) is 6.54 Å². The molecule has 0 spiro atoms. The molecule has 0 aliphatic heterocycles. The molecular weight excluding hydrogens is 252 g/mol. The molecule has 0 atom stereocenters. The third kappa shape index (κ3) is 3.32. The van der Waals surface area contributed by atoms with Gasteiger partial charge in [-0.3, -0.25) is 9.78 Å². The molecule has 1 aromatic carbocycles. The summed E-state index contributed by atoms with van der Waals surface area (Å²) in [5, 5.41) is 0. The van der Waals surface area contributed by atoms with Gasteiger partial charge in [-0.1, -0.05) is 30.3 Å². The Bertz CT molecular complexity index is 583. The third-order valence-electron chi connectivity index (χ3n) is 2.95. The van der Waals surface area contributed by atoms with Gasteiger partial charge in [-0.2, -0.15) is 0 Å². The zero-order chi connectivity index (χ0) is 14.5. The Labute approximate surface area is 118 Å². The van der Waals surface area contributed by atoms with E-state index in [1.165, 1.54) is 12.4 Å². The summed E-state index contributed by atoms with van der Waals surface area (Å²) in [6.45, 7) is 4.48. The molecule has 5 nitrogen and oxygen atoms in total. The van der Waals surface area contributed by atoms with Crippen molar-refractivity contribution in [1.29, 1.82) is 0 Å². The van der Waals surface area contributed by atoms with E-state index < -0.39 is 0 Å². The lowest BCUT2D eigenvalue weighted by atomic mass is 10.2. The van der Waals surface area contributed by atoms with Gasteiger partial charge in [0.15, 0.2) is 0 Å². The number of amides is 1. The van der Waals surface area contributed by atoms with Crippen LogP contribution in [0.2, 0.25) is 0 Å². The average molecular weight is 270 g/mol. The van der Waals surface area contributed by atoms with Gasteiger partial charge < -0.3 is 10.6 Å². The molecule has 1 aromatic heterocycles. The number of hydrogen-bond acceptors (Lipinski definition) is 4. The second-order valence-electron chi connectivity index (χ2n) is 4.84. The van der Waals surface area contributed by atoms with Crippen LogP contribution >= 0.6 is 0 Å². The molecule has 5 heteroatoms. The van der Waals surface area contributed by atoms with Crippen LogP contribution in [0.1, 0.15) is 29.9 Å². The second kappa shape index (κ2) is 6.14. The number of hydrogen-bond donors (Lipinski definition) is 1. The summed E-state index contributed by atoms with van der Waals surface area (Å²) in [4.78, 5) is 22.2. The third-order valence-corrected chi connectivity index (χ3v) is 2.95. The van der Waals surface area contributed by atoms with Crippen molar-refractivity contribution >= 4 is 11.7 Å². The lowest BCUT2D eigenvalue weighted by Crippen LogP contribution is -2.37. The zero-order valence-electron chi connectivity index (χ0n) is 11.7. The minimum Gasteiger partial charge on any atom is -0.382 e. The largest absolute Gasteiger partial charge is 0.382 e. The second-order valence-corrected chi connectivity index (χ2v) is 4.84. The number of nitrogen functional groups attached to an aromatic ring is 1. The van der Waals surface area contributed by atoms with E-state index in [9.17, 15) is 4.79 Å². The van der Waals surface area contributed by atoms with Crippen LogP contribution in [0.4, 0.5) is 5.82 Å². The van der Waals surface area contributed by atoms with Gasteiger partial charge in [0.2, 0.25) is 0 Å². The minimum absolute atomic E-state index is 0.0611. The van der Waals surface area contributed by atoms with Crippen molar-refractivity contribution in [3.8, 4) is 0 Å². The van der Waals surface area contributed by atoms with Crippen LogP contribution in [-0.4, -0.2) is 26.8 Å². The Balaban J connectivity index is 2.23. The van der Waals surface area contributed by atoms with Gasteiger partial charge >= 0.3 is 0 Å². The van der Waals surface area contributed by atoms with E-state index in [1.54, 1.807) is 4.90 Å². The van der Waals surface area contributed by atoms with Gasteiger partial charge in [0.25, 0.3) is 5.91 Å². The van der Waals surface area contributed by atoms with Crippen molar-refractivity contribution in [2.24, 2.45) is 0 Å². The van der Waals surface area contributed by atoms with Crippen molar-refractivity contribution in [1.82, 2.24) is 14.9 Å². The van der Waals surface area contributed by atoms with Gasteiger partial charge in [-0.25, -0.2) is 4.98 Å². The predicted octanol–water partition coefficient (Wildman–Crippen LogP) is 2.11. The number of rotatable bonds is 4. The number of carbonyl (C=O) groups excluding carboxylic acids is 1. The van der Waals surface area contributed by atoms with E-state index in [-0.39, 0.29) is 23.5 Å². The van der Waals surface area contributed by atoms with Gasteiger partial charge in [-0.15, -0.1) is 0 Å². The van der Waals surface area contributed by atoms with Crippen molar-refractivity contribution in [2.45, 2.75) is 26.4 Å². The Morgan fingerprint density at radius 1 is 1.25 bits per heavy atom. The van der Waals surface area contributed by atoms with Crippen LogP contribution in [0.15, 0.2) is 42.7 Å². The molecule has 2 N–H and O–H groups in total. The van der Waals surface area contributed by atoms with Crippen LogP contribution < -0.4 is 5.73 Å². The molecule has 2 rings (SSSR count). The van der Waals surface area contributed by atoms with Crippen LogP contribution in [-0.2, 0) is 6.54 Å². The molecule has 20 heavy (non-hydrogen) atoms. The zero-order valence-corrected chi connectivity index (χ0v) is 11.7. The fourth-order valence-corrected chi connectivity index (χ4v) is 1.90. The summed E-state index contributed by atoms with van der Waals surface area (Å²) < 4.78 is 0. The van der Waals surface area contributed by atoms with Crippen LogP contribution in [0, 0.1) is 0 Å². The predicted molar refractivity (Wildman–Crippen MR) is 77.9 cm³/mol. The maximum atomic E-state index is 12.5. The smallest absolute Gasteiger partial charge is 0.274 e. The van der Waals surface area contributed by atoms with E-state index in [4.69, 9.17) is 5.73 Å². The molecule has 0 saturated heterocycles. The molecule has 0 fully saturated rings. The Kier molecular flexibility index (Phi) is 4.30. The molecule has 0 aliphatic rings. The Morgan fingerprint density at radius 3 is 2.55 bits per heavy atom. The molecule has 0 saturated carbocycles. The molecule has 0 bridgehead atoms. The van der Waals surface area contributed by atoms with Gasteiger partial charge in [-0.05, 0) is 19.4 Å². The molecular formula is C15H18N4O. The average Bonchev–Trinajstić information content (AvgIpc) is 2.45. The number of carbonyl (C=O) groups is 1.